The standard InChI is InChI=1S/C70H135NO13/c1-3-5-7-9-11-13-15-17-19-21-23-25-27-29-31-33-35-37-39-41-43-45-47-49-51-53-59(74)58(57-81-69-67(80)65(78)68(61(56-73)83-69)84-70-66(79)64(77)63(76)60(55-72)82-70)71-62(75)54-52-50-48-46-44-42-40-38-36-34-32-30-28-26-24-22-20-18-16-14-12-10-8-6-4-2/h51,53,58-61,63-70,72-74,76-80H,3-50,52,54-57H2,1-2H3,(H,71,75)/b53-51+. The van der Waals surface area contributed by atoms with Crippen LogP contribution in [0.5, 0.6) is 0 Å². The first kappa shape index (κ1) is 78.8. The number of ether oxygens (including phenoxy) is 4. The van der Waals surface area contributed by atoms with E-state index in [0.29, 0.717) is 0 Å². The molecule has 9 N–H and O–H groups in total. The summed E-state index contributed by atoms with van der Waals surface area (Å²) in [7, 11) is 0. The Labute approximate surface area is 514 Å². The van der Waals surface area contributed by atoms with Crippen molar-refractivity contribution in [2.75, 3.05) is 19.8 Å². The lowest BCUT2D eigenvalue weighted by Gasteiger charge is -2.46. The number of carbonyl (C=O) groups excluding carboxylic acids is 1. The molecule has 2 heterocycles. The zero-order chi connectivity index (χ0) is 60.9. The quantitative estimate of drug-likeness (QED) is 0.0204. The predicted octanol–water partition coefficient (Wildman–Crippen LogP) is 14.6. The molecule has 2 fully saturated rings. The number of nitrogens with one attached hydrogen (secondary N) is 1. The Bertz CT molecular complexity index is 1460. The largest absolute Gasteiger partial charge is 0.394 e. The lowest BCUT2D eigenvalue weighted by molar-refractivity contribution is -0.359. The lowest BCUT2D eigenvalue weighted by atomic mass is 9.97. The van der Waals surface area contributed by atoms with E-state index < -0.39 is 86.8 Å². The molecule has 2 rings (SSSR count). The maximum Gasteiger partial charge on any atom is 0.220 e. The van der Waals surface area contributed by atoms with Gasteiger partial charge < -0.3 is 65.1 Å². The van der Waals surface area contributed by atoms with Gasteiger partial charge in [-0.25, -0.2) is 0 Å². The third kappa shape index (κ3) is 39.7. The summed E-state index contributed by atoms with van der Waals surface area (Å²) < 4.78 is 22.9. The van der Waals surface area contributed by atoms with Gasteiger partial charge in [0.05, 0.1) is 32.0 Å². The molecule has 2 aliphatic heterocycles. The van der Waals surface area contributed by atoms with Crippen LogP contribution in [0.25, 0.3) is 0 Å². The number of hydrogen-bond donors (Lipinski definition) is 9. The fourth-order valence-corrected chi connectivity index (χ4v) is 12.2. The van der Waals surface area contributed by atoms with Gasteiger partial charge in [0.2, 0.25) is 5.91 Å². The molecule has 14 nitrogen and oxygen atoms in total. The summed E-state index contributed by atoms with van der Waals surface area (Å²) in [6, 6.07) is -0.911. The van der Waals surface area contributed by atoms with Crippen molar-refractivity contribution in [2.24, 2.45) is 0 Å². The van der Waals surface area contributed by atoms with Gasteiger partial charge in [0.25, 0.3) is 0 Å². The Kier molecular flexibility index (Phi) is 52.3. The Morgan fingerprint density at radius 3 is 1.10 bits per heavy atom. The van der Waals surface area contributed by atoms with Crippen LogP contribution in [0, 0.1) is 0 Å². The molecule has 2 saturated heterocycles. The first-order valence-electron chi connectivity index (χ1n) is 35.9. The van der Waals surface area contributed by atoms with Gasteiger partial charge in [0.1, 0.15) is 48.8 Å². The molecule has 0 aromatic heterocycles. The third-order valence-electron chi connectivity index (χ3n) is 18.0. The van der Waals surface area contributed by atoms with Crippen molar-refractivity contribution in [3.05, 3.63) is 12.2 Å². The van der Waals surface area contributed by atoms with Crippen LogP contribution in [0.2, 0.25) is 0 Å². The molecule has 0 bridgehead atoms. The summed E-state index contributed by atoms with van der Waals surface area (Å²) in [6.07, 6.45) is 51.2. The third-order valence-corrected chi connectivity index (χ3v) is 18.0. The minimum absolute atomic E-state index is 0.230. The number of aliphatic hydroxyl groups excluding tert-OH is 8. The maximum absolute atomic E-state index is 13.3. The molecule has 0 aromatic carbocycles. The van der Waals surface area contributed by atoms with Crippen LogP contribution in [0.15, 0.2) is 12.2 Å². The average Bonchev–Trinajstić information content (AvgIpc) is 3.62. The van der Waals surface area contributed by atoms with E-state index in [1.54, 1.807) is 6.08 Å². The average molecular weight is 1200 g/mol. The normalized spacial score (nSPS) is 23.6. The molecule has 498 valence electrons. The first-order chi connectivity index (χ1) is 41.1. The number of unbranched alkanes of at least 4 members (excludes halogenated alkanes) is 47. The smallest absolute Gasteiger partial charge is 0.220 e. The number of amides is 1. The fraction of sp³-hybridized carbons (Fsp3) is 0.957. The second-order valence-electron chi connectivity index (χ2n) is 25.7. The number of allylic oxidation sites excluding steroid dienone is 1. The van der Waals surface area contributed by atoms with Crippen molar-refractivity contribution in [1.29, 1.82) is 0 Å². The van der Waals surface area contributed by atoms with Gasteiger partial charge in [-0.1, -0.05) is 321 Å². The molecular formula is C70H135NO13. The Morgan fingerprint density at radius 2 is 0.738 bits per heavy atom. The van der Waals surface area contributed by atoms with Gasteiger partial charge in [-0.2, -0.15) is 0 Å². The molecule has 12 atom stereocenters. The van der Waals surface area contributed by atoms with E-state index in [1.165, 1.54) is 270 Å². The molecule has 0 spiro atoms. The van der Waals surface area contributed by atoms with Gasteiger partial charge >= 0.3 is 0 Å². The first-order valence-corrected chi connectivity index (χ1v) is 35.9. The number of carbonyl (C=O) groups is 1. The number of aliphatic hydroxyl groups is 8. The van der Waals surface area contributed by atoms with Crippen molar-refractivity contribution in [3.8, 4) is 0 Å². The fourth-order valence-electron chi connectivity index (χ4n) is 12.2. The van der Waals surface area contributed by atoms with E-state index in [-0.39, 0.29) is 18.9 Å². The minimum atomic E-state index is -1.79. The SMILES string of the molecule is CCCCCCCCCCCCCCCCCCCCCCCCC/C=C/C(O)C(COC1OC(CO)C(OC2OC(CO)C(O)C(O)C2O)C(O)C1O)NC(=O)CCCCCCCCCCCCCCCCCCCCCCCCCCC. The number of hydrogen-bond acceptors (Lipinski definition) is 13. The zero-order valence-electron chi connectivity index (χ0n) is 54.2. The van der Waals surface area contributed by atoms with Crippen molar-refractivity contribution < 1.29 is 64.6 Å². The van der Waals surface area contributed by atoms with Gasteiger partial charge in [0.15, 0.2) is 12.6 Å². The Morgan fingerprint density at radius 1 is 0.417 bits per heavy atom. The summed E-state index contributed by atoms with van der Waals surface area (Å²) in [5.74, 6) is -0.230. The highest BCUT2D eigenvalue weighted by Crippen LogP contribution is 2.30. The molecule has 0 saturated carbocycles. The highest BCUT2D eigenvalue weighted by molar-refractivity contribution is 5.76. The van der Waals surface area contributed by atoms with Crippen LogP contribution < -0.4 is 5.32 Å². The molecular weight excluding hydrogens is 1060 g/mol. The molecule has 12 unspecified atom stereocenters. The molecule has 84 heavy (non-hydrogen) atoms. The van der Waals surface area contributed by atoms with Crippen LogP contribution in [-0.2, 0) is 23.7 Å². The van der Waals surface area contributed by atoms with E-state index >= 15 is 0 Å². The van der Waals surface area contributed by atoms with E-state index in [1.807, 2.05) is 6.08 Å². The van der Waals surface area contributed by atoms with Crippen LogP contribution in [-0.4, -0.2) is 140 Å². The molecule has 0 aromatic rings. The molecule has 14 heteroatoms. The maximum atomic E-state index is 13.3. The van der Waals surface area contributed by atoms with Crippen LogP contribution in [0.4, 0.5) is 0 Å². The van der Waals surface area contributed by atoms with Gasteiger partial charge in [0, 0.05) is 6.42 Å². The molecule has 1 amide bonds. The van der Waals surface area contributed by atoms with Gasteiger partial charge in [-0.3, -0.25) is 4.79 Å². The predicted molar refractivity (Wildman–Crippen MR) is 342 cm³/mol. The second kappa shape index (κ2) is 55.8. The van der Waals surface area contributed by atoms with E-state index in [9.17, 15) is 45.6 Å². The van der Waals surface area contributed by atoms with Crippen LogP contribution >= 0.6 is 0 Å². The monoisotopic (exact) mass is 1200 g/mol. The molecule has 2 aliphatic rings. The van der Waals surface area contributed by atoms with Crippen molar-refractivity contribution in [3.63, 3.8) is 0 Å². The van der Waals surface area contributed by atoms with Crippen LogP contribution in [0.3, 0.4) is 0 Å². The summed E-state index contributed by atoms with van der Waals surface area (Å²) in [6.45, 7) is 2.87. The highest BCUT2D eigenvalue weighted by atomic mass is 16.7. The summed E-state index contributed by atoms with van der Waals surface area (Å²) >= 11 is 0. The Balaban J connectivity index is 1.67. The topological polar surface area (TPSA) is 228 Å². The summed E-state index contributed by atoms with van der Waals surface area (Å²) in [5.41, 5.74) is 0. The van der Waals surface area contributed by atoms with E-state index in [2.05, 4.69) is 19.2 Å². The Hall–Kier alpha value is -1.27. The lowest BCUT2D eigenvalue weighted by Crippen LogP contribution is -2.65. The van der Waals surface area contributed by atoms with Gasteiger partial charge in [-0.15, -0.1) is 0 Å². The molecule has 0 aliphatic carbocycles. The van der Waals surface area contributed by atoms with Crippen molar-refractivity contribution in [2.45, 2.75) is 408 Å². The van der Waals surface area contributed by atoms with Gasteiger partial charge in [-0.05, 0) is 19.3 Å². The molecule has 0 radical (unpaired) electrons. The summed E-state index contributed by atoms with van der Waals surface area (Å²) in [5, 5.41) is 87.5. The van der Waals surface area contributed by atoms with Crippen molar-refractivity contribution in [1.82, 2.24) is 5.32 Å². The van der Waals surface area contributed by atoms with E-state index in [0.717, 1.165) is 44.9 Å². The van der Waals surface area contributed by atoms with Crippen molar-refractivity contribution >= 4 is 5.91 Å². The minimum Gasteiger partial charge on any atom is -0.394 e. The van der Waals surface area contributed by atoms with Crippen LogP contribution in [0.1, 0.15) is 335 Å². The number of rotatable bonds is 60. The highest BCUT2D eigenvalue weighted by Gasteiger charge is 2.51. The van der Waals surface area contributed by atoms with E-state index in [4.69, 9.17) is 18.9 Å². The summed E-state index contributed by atoms with van der Waals surface area (Å²) in [4.78, 5) is 13.3. The zero-order valence-corrected chi connectivity index (χ0v) is 54.2. The second-order valence-corrected chi connectivity index (χ2v) is 25.7.